The number of aryl methyl sites for hydroxylation is 1. The summed E-state index contributed by atoms with van der Waals surface area (Å²) in [5.41, 5.74) is 1.37. The highest BCUT2D eigenvalue weighted by molar-refractivity contribution is 6.05. The first-order chi connectivity index (χ1) is 11.6. The monoisotopic (exact) mass is 323 g/mol. The summed E-state index contributed by atoms with van der Waals surface area (Å²) in [5, 5.41) is 13.9. The van der Waals surface area contributed by atoms with E-state index in [9.17, 15) is 9.59 Å². The molecule has 3 aromatic rings. The standard InChI is InChI=1S/C17H17N5O2/c1-3-22-17(24)16(19-13-9-10-18-20-13)14(11(2)23)15(21-22)12-7-5-4-6-8-12/h4-10H,3H2,1-2H3,(H2,18,19,20). The smallest absolute Gasteiger partial charge is 0.291 e. The van der Waals surface area contributed by atoms with Gasteiger partial charge in [-0.05, 0) is 13.8 Å². The van der Waals surface area contributed by atoms with Crippen molar-refractivity contribution in [3.05, 3.63) is 58.5 Å². The Bertz CT molecular complexity index is 914. The van der Waals surface area contributed by atoms with Crippen molar-refractivity contribution < 1.29 is 4.79 Å². The zero-order valence-electron chi connectivity index (χ0n) is 13.4. The highest BCUT2D eigenvalue weighted by Crippen LogP contribution is 2.26. The van der Waals surface area contributed by atoms with Crippen LogP contribution in [0.15, 0.2) is 47.4 Å². The molecule has 122 valence electrons. The number of Topliss-reactive ketones (excluding diaryl/α,β-unsaturated/α-hetero) is 1. The van der Waals surface area contributed by atoms with Crippen molar-refractivity contribution in [2.24, 2.45) is 0 Å². The van der Waals surface area contributed by atoms with Gasteiger partial charge in [-0.2, -0.15) is 10.2 Å². The van der Waals surface area contributed by atoms with Crippen LogP contribution >= 0.6 is 0 Å². The molecule has 24 heavy (non-hydrogen) atoms. The summed E-state index contributed by atoms with van der Waals surface area (Å²) >= 11 is 0. The normalized spacial score (nSPS) is 10.6. The van der Waals surface area contributed by atoms with Crippen LogP contribution in [0.5, 0.6) is 0 Å². The highest BCUT2D eigenvalue weighted by Gasteiger charge is 2.22. The van der Waals surface area contributed by atoms with E-state index in [0.29, 0.717) is 18.1 Å². The van der Waals surface area contributed by atoms with Crippen LogP contribution in [-0.4, -0.2) is 25.8 Å². The molecule has 0 saturated carbocycles. The van der Waals surface area contributed by atoms with Gasteiger partial charge in [-0.15, -0.1) is 0 Å². The Morgan fingerprint density at radius 1 is 1.25 bits per heavy atom. The van der Waals surface area contributed by atoms with Crippen molar-refractivity contribution in [3.63, 3.8) is 0 Å². The molecule has 0 saturated heterocycles. The SMILES string of the molecule is CCn1nc(-c2ccccc2)c(C(C)=O)c(Nc2ccn[nH]2)c1=O. The maximum Gasteiger partial charge on any atom is 0.291 e. The number of anilines is 2. The van der Waals surface area contributed by atoms with Crippen molar-refractivity contribution in [3.8, 4) is 11.3 Å². The lowest BCUT2D eigenvalue weighted by atomic mass is 10.0. The summed E-state index contributed by atoms with van der Waals surface area (Å²) in [6.07, 6.45) is 1.56. The summed E-state index contributed by atoms with van der Waals surface area (Å²) < 4.78 is 1.34. The number of aromatic nitrogens is 4. The Hall–Kier alpha value is -3.22. The number of hydrogen-bond acceptors (Lipinski definition) is 5. The molecular weight excluding hydrogens is 306 g/mol. The molecule has 0 aliphatic carbocycles. The number of hydrogen-bond donors (Lipinski definition) is 2. The largest absolute Gasteiger partial charge is 0.335 e. The molecule has 0 spiro atoms. The summed E-state index contributed by atoms with van der Waals surface area (Å²) in [5.74, 6) is 0.297. The van der Waals surface area contributed by atoms with Crippen LogP contribution in [0.2, 0.25) is 0 Å². The molecule has 2 heterocycles. The summed E-state index contributed by atoms with van der Waals surface area (Å²) in [6.45, 7) is 3.66. The summed E-state index contributed by atoms with van der Waals surface area (Å²) in [7, 11) is 0. The van der Waals surface area contributed by atoms with Gasteiger partial charge in [0.2, 0.25) is 0 Å². The van der Waals surface area contributed by atoms with E-state index in [-0.39, 0.29) is 22.6 Å². The van der Waals surface area contributed by atoms with E-state index in [1.165, 1.54) is 11.6 Å². The minimum absolute atomic E-state index is 0.197. The molecular formula is C17H17N5O2. The number of nitrogens with one attached hydrogen (secondary N) is 2. The lowest BCUT2D eigenvalue weighted by molar-refractivity contribution is 0.101. The van der Waals surface area contributed by atoms with Gasteiger partial charge < -0.3 is 5.32 Å². The number of carbonyl (C=O) groups is 1. The summed E-state index contributed by atoms with van der Waals surface area (Å²) in [6, 6.07) is 11.0. The van der Waals surface area contributed by atoms with Crippen molar-refractivity contribution in [1.82, 2.24) is 20.0 Å². The fraction of sp³-hybridized carbons (Fsp3) is 0.176. The number of aromatic amines is 1. The fourth-order valence-electron chi connectivity index (χ4n) is 2.50. The van der Waals surface area contributed by atoms with Gasteiger partial charge >= 0.3 is 0 Å². The molecule has 2 N–H and O–H groups in total. The van der Waals surface area contributed by atoms with E-state index in [4.69, 9.17) is 0 Å². The van der Waals surface area contributed by atoms with E-state index >= 15 is 0 Å². The molecule has 0 aliphatic rings. The van der Waals surface area contributed by atoms with Crippen LogP contribution in [0.4, 0.5) is 11.5 Å². The van der Waals surface area contributed by atoms with Crippen molar-refractivity contribution >= 4 is 17.3 Å². The molecule has 7 nitrogen and oxygen atoms in total. The molecule has 1 aromatic carbocycles. The minimum Gasteiger partial charge on any atom is -0.335 e. The van der Waals surface area contributed by atoms with Gasteiger partial charge in [-0.1, -0.05) is 30.3 Å². The first kappa shape index (κ1) is 15.7. The molecule has 7 heteroatoms. The molecule has 3 rings (SSSR count). The van der Waals surface area contributed by atoms with E-state index in [1.54, 1.807) is 12.3 Å². The molecule has 0 fully saturated rings. The zero-order chi connectivity index (χ0) is 17.1. The third kappa shape index (κ3) is 2.83. The number of carbonyl (C=O) groups excluding carboxylic acids is 1. The van der Waals surface area contributed by atoms with Gasteiger partial charge in [0, 0.05) is 18.2 Å². The van der Waals surface area contributed by atoms with Crippen molar-refractivity contribution in [2.45, 2.75) is 20.4 Å². The Kier molecular flexibility index (Phi) is 4.24. The number of ketones is 1. The minimum atomic E-state index is -0.350. The number of benzene rings is 1. The molecule has 0 amide bonds. The number of rotatable bonds is 5. The predicted molar refractivity (Wildman–Crippen MR) is 91.5 cm³/mol. The second kappa shape index (κ2) is 6.49. The molecule has 0 atom stereocenters. The lowest BCUT2D eigenvalue weighted by Crippen LogP contribution is -2.28. The third-order valence-corrected chi connectivity index (χ3v) is 3.62. The topological polar surface area (TPSA) is 92.7 Å². The van der Waals surface area contributed by atoms with Gasteiger partial charge in [0.25, 0.3) is 5.56 Å². The zero-order valence-corrected chi connectivity index (χ0v) is 13.4. The van der Waals surface area contributed by atoms with Crippen LogP contribution in [0, 0.1) is 0 Å². The van der Waals surface area contributed by atoms with Crippen molar-refractivity contribution in [2.75, 3.05) is 5.32 Å². The van der Waals surface area contributed by atoms with E-state index in [0.717, 1.165) is 5.56 Å². The molecule has 2 aromatic heterocycles. The van der Waals surface area contributed by atoms with Crippen LogP contribution in [0.25, 0.3) is 11.3 Å². The Balaban J connectivity index is 2.29. The van der Waals surface area contributed by atoms with Crippen LogP contribution in [0.3, 0.4) is 0 Å². The quantitative estimate of drug-likeness (QED) is 0.704. The number of H-pyrrole nitrogens is 1. The predicted octanol–water partition coefficient (Wildman–Crippen LogP) is 2.60. The lowest BCUT2D eigenvalue weighted by Gasteiger charge is -2.15. The number of nitrogens with zero attached hydrogens (tertiary/aromatic N) is 3. The van der Waals surface area contributed by atoms with Gasteiger partial charge in [0.1, 0.15) is 17.2 Å². The average molecular weight is 323 g/mol. The Labute approximate surface area is 138 Å². The van der Waals surface area contributed by atoms with Crippen LogP contribution in [-0.2, 0) is 6.54 Å². The molecule has 0 unspecified atom stereocenters. The fourth-order valence-corrected chi connectivity index (χ4v) is 2.50. The van der Waals surface area contributed by atoms with Crippen molar-refractivity contribution in [1.29, 1.82) is 0 Å². The molecule has 0 radical (unpaired) electrons. The van der Waals surface area contributed by atoms with Crippen LogP contribution in [0.1, 0.15) is 24.2 Å². The van der Waals surface area contributed by atoms with Gasteiger partial charge in [-0.3, -0.25) is 14.7 Å². The maximum absolute atomic E-state index is 12.7. The van der Waals surface area contributed by atoms with E-state index in [1.807, 2.05) is 37.3 Å². The second-order valence-electron chi connectivity index (χ2n) is 5.24. The highest BCUT2D eigenvalue weighted by atomic mass is 16.1. The van der Waals surface area contributed by atoms with Crippen LogP contribution < -0.4 is 10.9 Å². The first-order valence-electron chi connectivity index (χ1n) is 7.59. The molecule has 0 aliphatic heterocycles. The maximum atomic E-state index is 12.7. The average Bonchev–Trinajstić information content (AvgIpc) is 3.10. The van der Waals surface area contributed by atoms with Gasteiger partial charge in [0.15, 0.2) is 5.78 Å². The van der Waals surface area contributed by atoms with E-state index < -0.39 is 0 Å². The third-order valence-electron chi connectivity index (χ3n) is 3.62. The summed E-state index contributed by atoms with van der Waals surface area (Å²) in [4.78, 5) is 25.0. The molecule has 0 bridgehead atoms. The second-order valence-corrected chi connectivity index (χ2v) is 5.24. The van der Waals surface area contributed by atoms with Gasteiger partial charge in [0.05, 0.1) is 11.8 Å². The first-order valence-corrected chi connectivity index (χ1v) is 7.59. The van der Waals surface area contributed by atoms with Gasteiger partial charge in [-0.25, -0.2) is 4.68 Å². The Morgan fingerprint density at radius 3 is 2.58 bits per heavy atom. The Morgan fingerprint density at radius 2 is 2.00 bits per heavy atom. The van der Waals surface area contributed by atoms with E-state index in [2.05, 4.69) is 20.6 Å².